The first-order valence-corrected chi connectivity index (χ1v) is 6.71. The molecule has 1 saturated heterocycles. The zero-order valence-corrected chi connectivity index (χ0v) is 11.5. The molecule has 0 atom stereocenters. The van der Waals surface area contributed by atoms with Crippen molar-refractivity contribution in [1.29, 1.82) is 0 Å². The van der Waals surface area contributed by atoms with E-state index in [1.807, 2.05) is 12.1 Å². The van der Waals surface area contributed by atoms with E-state index < -0.39 is 0 Å². The summed E-state index contributed by atoms with van der Waals surface area (Å²) in [5.74, 6) is 0.833. The Morgan fingerprint density at radius 1 is 1.39 bits per heavy atom. The largest absolute Gasteiger partial charge is 0.397 e. The van der Waals surface area contributed by atoms with Crippen LogP contribution < -0.4 is 5.73 Å². The number of piperidine rings is 1. The maximum Gasteiger partial charge on any atom is 0.0545 e. The Morgan fingerprint density at radius 3 is 2.72 bits per heavy atom. The Labute approximate surface area is 110 Å². The quantitative estimate of drug-likeness (QED) is 0.876. The van der Waals surface area contributed by atoms with Crippen LogP contribution in [0.5, 0.6) is 0 Å². The Balaban J connectivity index is 1.78. The number of likely N-dealkylation sites (tertiary alicyclic amines) is 1. The van der Waals surface area contributed by atoms with Crippen molar-refractivity contribution in [3.8, 4) is 0 Å². The minimum absolute atomic E-state index is 0.733. The summed E-state index contributed by atoms with van der Waals surface area (Å²) < 4.78 is 0. The van der Waals surface area contributed by atoms with Gasteiger partial charge < -0.3 is 15.5 Å². The Bertz CT molecular complexity index is 355. The average Bonchev–Trinajstić information content (AvgIpc) is 2.35. The summed E-state index contributed by atoms with van der Waals surface area (Å²) in [6.45, 7) is 4.55. The summed E-state index contributed by atoms with van der Waals surface area (Å²) in [7, 11) is 4.38. The molecule has 1 fully saturated rings. The monoisotopic (exact) mass is 248 g/mol. The van der Waals surface area contributed by atoms with E-state index in [0.29, 0.717) is 0 Å². The summed E-state index contributed by atoms with van der Waals surface area (Å²) in [4.78, 5) is 9.13. The van der Waals surface area contributed by atoms with Crippen LogP contribution in [0.2, 0.25) is 0 Å². The van der Waals surface area contributed by atoms with Crippen LogP contribution in [-0.2, 0) is 6.54 Å². The highest BCUT2D eigenvalue weighted by atomic mass is 15.1. The van der Waals surface area contributed by atoms with Crippen LogP contribution in [0.15, 0.2) is 18.3 Å². The van der Waals surface area contributed by atoms with Crippen LogP contribution in [0.25, 0.3) is 0 Å². The molecule has 4 nitrogen and oxygen atoms in total. The summed E-state index contributed by atoms with van der Waals surface area (Å²) >= 11 is 0. The van der Waals surface area contributed by atoms with Gasteiger partial charge in [-0.25, -0.2) is 0 Å². The molecule has 0 radical (unpaired) electrons. The van der Waals surface area contributed by atoms with Gasteiger partial charge in [0.25, 0.3) is 0 Å². The molecule has 2 heterocycles. The number of nitrogens with two attached hydrogens (primary N) is 1. The van der Waals surface area contributed by atoms with Crippen LogP contribution >= 0.6 is 0 Å². The van der Waals surface area contributed by atoms with E-state index in [9.17, 15) is 0 Å². The van der Waals surface area contributed by atoms with E-state index in [1.165, 1.54) is 32.5 Å². The van der Waals surface area contributed by atoms with Crippen LogP contribution in [0.4, 0.5) is 5.69 Å². The highest BCUT2D eigenvalue weighted by Gasteiger charge is 2.18. The molecule has 1 aromatic rings. The summed E-state index contributed by atoms with van der Waals surface area (Å²) in [5, 5.41) is 0. The van der Waals surface area contributed by atoms with Gasteiger partial charge >= 0.3 is 0 Å². The van der Waals surface area contributed by atoms with Crippen molar-refractivity contribution in [3.63, 3.8) is 0 Å². The fourth-order valence-corrected chi connectivity index (χ4v) is 2.56. The second-order valence-corrected chi connectivity index (χ2v) is 5.53. The third kappa shape index (κ3) is 3.96. The number of pyridine rings is 1. The van der Waals surface area contributed by atoms with E-state index in [0.717, 1.165) is 23.8 Å². The molecule has 1 aliphatic rings. The van der Waals surface area contributed by atoms with E-state index in [1.54, 1.807) is 6.20 Å². The number of hydrogen-bond acceptors (Lipinski definition) is 4. The van der Waals surface area contributed by atoms with Crippen molar-refractivity contribution in [2.45, 2.75) is 19.4 Å². The number of rotatable bonds is 4. The molecule has 2 rings (SSSR count). The minimum Gasteiger partial charge on any atom is -0.397 e. The van der Waals surface area contributed by atoms with Gasteiger partial charge in [0.05, 0.1) is 17.6 Å². The van der Waals surface area contributed by atoms with Crippen molar-refractivity contribution in [2.24, 2.45) is 5.92 Å². The van der Waals surface area contributed by atoms with Crippen molar-refractivity contribution < 1.29 is 0 Å². The summed E-state index contributed by atoms with van der Waals surface area (Å²) in [6, 6.07) is 3.94. The lowest BCUT2D eigenvalue weighted by Gasteiger charge is -2.31. The molecule has 1 aliphatic heterocycles. The fourth-order valence-electron chi connectivity index (χ4n) is 2.56. The number of anilines is 1. The molecule has 2 N–H and O–H groups in total. The first-order valence-electron chi connectivity index (χ1n) is 6.71. The first kappa shape index (κ1) is 13.3. The van der Waals surface area contributed by atoms with Crippen molar-refractivity contribution in [3.05, 3.63) is 24.0 Å². The molecular weight excluding hydrogens is 224 g/mol. The fraction of sp³-hybridized carbons (Fsp3) is 0.643. The molecular formula is C14H24N4. The summed E-state index contributed by atoms with van der Waals surface area (Å²) in [5.41, 5.74) is 7.47. The molecule has 4 heteroatoms. The number of nitrogen functional groups attached to an aromatic ring is 1. The van der Waals surface area contributed by atoms with Gasteiger partial charge in [0.15, 0.2) is 0 Å². The molecule has 0 spiro atoms. The van der Waals surface area contributed by atoms with Crippen molar-refractivity contribution in [1.82, 2.24) is 14.8 Å². The summed E-state index contributed by atoms with van der Waals surface area (Å²) in [6.07, 6.45) is 4.37. The number of hydrogen-bond donors (Lipinski definition) is 1. The second kappa shape index (κ2) is 6.16. The highest BCUT2D eigenvalue weighted by molar-refractivity contribution is 5.34. The van der Waals surface area contributed by atoms with E-state index in [2.05, 4.69) is 28.9 Å². The Morgan fingerprint density at radius 2 is 2.11 bits per heavy atom. The van der Waals surface area contributed by atoms with Gasteiger partial charge in [0.1, 0.15) is 0 Å². The molecule has 0 aliphatic carbocycles. The van der Waals surface area contributed by atoms with E-state index in [-0.39, 0.29) is 0 Å². The van der Waals surface area contributed by atoms with Gasteiger partial charge in [-0.1, -0.05) is 0 Å². The molecule has 1 aromatic heterocycles. The average molecular weight is 248 g/mol. The predicted octanol–water partition coefficient (Wildman–Crippen LogP) is 1.44. The van der Waals surface area contributed by atoms with Crippen LogP contribution in [0.1, 0.15) is 18.5 Å². The Hall–Kier alpha value is -1.13. The minimum atomic E-state index is 0.733. The lowest BCUT2D eigenvalue weighted by molar-refractivity contribution is 0.172. The van der Waals surface area contributed by atoms with Crippen LogP contribution in [0, 0.1) is 5.92 Å². The van der Waals surface area contributed by atoms with Gasteiger partial charge in [0, 0.05) is 13.1 Å². The molecule has 0 bridgehead atoms. The van der Waals surface area contributed by atoms with Gasteiger partial charge in [0.2, 0.25) is 0 Å². The smallest absolute Gasteiger partial charge is 0.0545 e. The zero-order chi connectivity index (χ0) is 13.0. The van der Waals surface area contributed by atoms with E-state index in [4.69, 9.17) is 5.73 Å². The predicted molar refractivity (Wildman–Crippen MR) is 75.2 cm³/mol. The molecule has 0 amide bonds. The maximum atomic E-state index is 5.64. The van der Waals surface area contributed by atoms with Crippen molar-refractivity contribution in [2.75, 3.05) is 39.5 Å². The maximum absolute atomic E-state index is 5.64. The van der Waals surface area contributed by atoms with Gasteiger partial charge in [-0.3, -0.25) is 4.98 Å². The lowest BCUT2D eigenvalue weighted by atomic mass is 9.96. The molecule has 18 heavy (non-hydrogen) atoms. The number of aromatic nitrogens is 1. The van der Waals surface area contributed by atoms with Crippen LogP contribution in [0.3, 0.4) is 0 Å². The molecule has 0 unspecified atom stereocenters. The SMILES string of the molecule is CN1CCC(CN(C)Cc2ccc(N)cn2)CC1. The topological polar surface area (TPSA) is 45.4 Å². The highest BCUT2D eigenvalue weighted by Crippen LogP contribution is 2.17. The lowest BCUT2D eigenvalue weighted by Crippen LogP contribution is -2.35. The zero-order valence-electron chi connectivity index (χ0n) is 11.5. The standard InChI is InChI=1S/C14H24N4/c1-17-7-5-12(6-8-17)10-18(2)11-14-4-3-13(15)9-16-14/h3-4,9,12H,5-8,10-11,15H2,1-2H3. The van der Waals surface area contributed by atoms with Gasteiger partial charge in [-0.15, -0.1) is 0 Å². The molecule has 0 saturated carbocycles. The number of nitrogens with zero attached hydrogens (tertiary/aromatic N) is 3. The van der Waals surface area contributed by atoms with Gasteiger partial charge in [-0.05, 0) is 58.1 Å². The molecule has 0 aromatic carbocycles. The van der Waals surface area contributed by atoms with Crippen LogP contribution in [-0.4, -0.2) is 48.5 Å². The van der Waals surface area contributed by atoms with Crippen molar-refractivity contribution >= 4 is 5.69 Å². The molecule has 100 valence electrons. The van der Waals surface area contributed by atoms with Gasteiger partial charge in [-0.2, -0.15) is 0 Å². The third-order valence-electron chi connectivity index (χ3n) is 3.69. The first-order chi connectivity index (χ1) is 8.63. The Kier molecular flexibility index (Phi) is 4.55. The van der Waals surface area contributed by atoms with E-state index >= 15 is 0 Å². The second-order valence-electron chi connectivity index (χ2n) is 5.53. The normalized spacial score (nSPS) is 18.4. The third-order valence-corrected chi connectivity index (χ3v) is 3.69.